The molecular formula is C11H18IN3O2. The maximum atomic E-state index is 11.3. The second-order valence-electron chi connectivity index (χ2n) is 4.36. The van der Waals surface area contributed by atoms with Crippen LogP contribution in [0.2, 0.25) is 0 Å². The molecule has 6 heteroatoms. The molecule has 0 bridgehead atoms. The zero-order valence-corrected chi connectivity index (χ0v) is 12.4. The smallest absolute Gasteiger partial charge is 0.323 e. The Bertz CT molecular complexity index is 394. The molecule has 2 N–H and O–H groups in total. The molecule has 0 radical (unpaired) electrons. The molecule has 0 aliphatic rings. The largest absolute Gasteiger partial charge is 0.480 e. The summed E-state index contributed by atoms with van der Waals surface area (Å²) in [5.41, 5.74) is -0.911. The van der Waals surface area contributed by atoms with Crippen LogP contribution in [0.5, 0.6) is 0 Å². The second-order valence-corrected chi connectivity index (χ2v) is 5.60. The number of aliphatic carboxylic acids is 1. The zero-order valence-electron chi connectivity index (χ0n) is 10.3. The van der Waals surface area contributed by atoms with Gasteiger partial charge in [-0.25, -0.2) is 0 Å². The standard InChI is InChI=1S/C11H18IN3O2/c1-4-13-11(3,10(16)17)5-8(2)15-7-9(12)6-14-15/h6-8,13H,4-5H2,1-3H3,(H,16,17). The number of halogens is 1. The van der Waals surface area contributed by atoms with Gasteiger partial charge < -0.3 is 10.4 Å². The van der Waals surface area contributed by atoms with Crippen molar-refractivity contribution in [3.8, 4) is 0 Å². The first-order valence-corrected chi connectivity index (χ1v) is 6.65. The summed E-state index contributed by atoms with van der Waals surface area (Å²) in [6.07, 6.45) is 4.18. The fraction of sp³-hybridized carbons (Fsp3) is 0.636. The SMILES string of the molecule is CCNC(C)(CC(C)n1cc(I)cn1)C(=O)O. The highest BCUT2D eigenvalue weighted by Gasteiger charge is 2.34. The highest BCUT2D eigenvalue weighted by atomic mass is 127. The van der Waals surface area contributed by atoms with Crippen LogP contribution in [-0.4, -0.2) is 32.9 Å². The minimum absolute atomic E-state index is 0.0404. The van der Waals surface area contributed by atoms with Crippen molar-refractivity contribution in [2.45, 2.75) is 38.8 Å². The molecule has 1 aromatic rings. The molecule has 0 amide bonds. The molecule has 1 rings (SSSR count). The van der Waals surface area contributed by atoms with Gasteiger partial charge in [0.15, 0.2) is 0 Å². The molecule has 0 saturated heterocycles. The molecule has 96 valence electrons. The number of carboxylic acids is 1. The molecule has 0 spiro atoms. The Morgan fingerprint density at radius 1 is 1.76 bits per heavy atom. The van der Waals surface area contributed by atoms with Gasteiger partial charge in [-0.15, -0.1) is 0 Å². The number of carbonyl (C=O) groups is 1. The van der Waals surface area contributed by atoms with E-state index in [1.165, 1.54) is 0 Å². The quantitative estimate of drug-likeness (QED) is 0.769. The molecule has 2 atom stereocenters. The van der Waals surface area contributed by atoms with Gasteiger partial charge in [0, 0.05) is 6.20 Å². The minimum atomic E-state index is -0.911. The molecule has 0 aromatic carbocycles. The number of aromatic nitrogens is 2. The van der Waals surface area contributed by atoms with Gasteiger partial charge in [-0.1, -0.05) is 6.92 Å². The lowest BCUT2D eigenvalue weighted by molar-refractivity contribution is -0.144. The third-order valence-corrected chi connectivity index (χ3v) is 3.32. The van der Waals surface area contributed by atoms with Gasteiger partial charge >= 0.3 is 5.97 Å². The maximum Gasteiger partial charge on any atom is 0.323 e. The van der Waals surface area contributed by atoms with Crippen molar-refractivity contribution in [2.75, 3.05) is 6.54 Å². The zero-order chi connectivity index (χ0) is 13.1. The van der Waals surface area contributed by atoms with Crippen molar-refractivity contribution >= 4 is 28.6 Å². The van der Waals surface area contributed by atoms with Crippen LogP contribution in [0.15, 0.2) is 12.4 Å². The van der Waals surface area contributed by atoms with E-state index in [1.54, 1.807) is 17.8 Å². The van der Waals surface area contributed by atoms with Crippen molar-refractivity contribution in [1.82, 2.24) is 15.1 Å². The summed E-state index contributed by atoms with van der Waals surface area (Å²) in [6, 6.07) is 0.0404. The maximum absolute atomic E-state index is 11.3. The first kappa shape index (κ1) is 14.4. The van der Waals surface area contributed by atoms with E-state index < -0.39 is 11.5 Å². The summed E-state index contributed by atoms with van der Waals surface area (Å²) in [7, 11) is 0. The lowest BCUT2D eigenvalue weighted by atomic mass is 9.93. The minimum Gasteiger partial charge on any atom is -0.480 e. The molecule has 1 heterocycles. The van der Waals surface area contributed by atoms with E-state index >= 15 is 0 Å². The first-order valence-electron chi connectivity index (χ1n) is 5.57. The molecule has 17 heavy (non-hydrogen) atoms. The van der Waals surface area contributed by atoms with E-state index in [4.69, 9.17) is 0 Å². The monoisotopic (exact) mass is 351 g/mol. The molecule has 1 aromatic heterocycles. The molecule has 0 saturated carbocycles. The van der Waals surface area contributed by atoms with Crippen LogP contribution in [0.3, 0.4) is 0 Å². The van der Waals surface area contributed by atoms with Crippen LogP contribution >= 0.6 is 22.6 Å². The Labute approximate surface area is 115 Å². The third-order valence-electron chi connectivity index (χ3n) is 2.76. The highest BCUT2D eigenvalue weighted by Crippen LogP contribution is 2.21. The topological polar surface area (TPSA) is 67.2 Å². The predicted molar refractivity (Wildman–Crippen MR) is 74.0 cm³/mol. The predicted octanol–water partition coefficient (Wildman–Crippen LogP) is 1.89. The summed E-state index contributed by atoms with van der Waals surface area (Å²) in [5, 5.41) is 16.5. The van der Waals surface area contributed by atoms with E-state index in [1.807, 2.05) is 20.0 Å². The molecular weight excluding hydrogens is 333 g/mol. The highest BCUT2D eigenvalue weighted by molar-refractivity contribution is 14.1. The number of nitrogens with zero attached hydrogens (tertiary/aromatic N) is 2. The normalized spacial score (nSPS) is 16.5. The Hall–Kier alpha value is -0.630. The molecule has 2 unspecified atom stereocenters. The van der Waals surface area contributed by atoms with Crippen LogP contribution < -0.4 is 5.32 Å². The van der Waals surface area contributed by atoms with Crippen LogP contribution in [0, 0.1) is 3.57 Å². The second kappa shape index (κ2) is 5.81. The number of carboxylic acid groups (broad SMARTS) is 1. The van der Waals surface area contributed by atoms with Gasteiger partial charge in [-0.05, 0) is 49.4 Å². The Morgan fingerprint density at radius 2 is 2.41 bits per heavy atom. The number of hydrogen-bond acceptors (Lipinski definition) is 3. The number of hydrogen-bond donors (Lipinski definition) is 2. The van der Waals surface area contributed by atoms with Gasteiger partial charge in [0.05, 0.1) is 15.8 Å². The van der Waals surface area contributed by atoms with E-state index in [-0.39, 0.29) is 6.04 Å². The molecule has 0 aliphatic heterocycles. The van der Waals surface area contributed by atoms with E-state index in [9.17, 15) is 9.90 Å². The Kier molecular flexibility index (Phi) is 4.93. The van der Waals surface area contributed by atoms with Gasteiger partial charge in [0.1, 0.15) is 5.54 Å². The van der Waals surface area contributed by atoms with Crippen molar-refractivity contribution < 1.29 is 9.90 Å². The Balaban J connectivity index is 2.77. The average Bonchev–Trinajstić information content (AvgIpc) is 2.65. The summed E-state index contributed by atoms with van der Waals surface area (Å²) >= 11 is 2.19. The number of rotatable bonds is 6. The average molecular weight is 351 g/mol. The van der Waals surface area contributed by atoms with Crippen molar-refractivity contribution in [1.29, 1.82) is 0 Å². The fourth-order valence-corrected chi connectivity index (χ4v) is 2.28. The molecule has 0 aliphatic carbocycles. The fourth-order valence-electron chi connectivity index (χ4n) is 1.87. The van der Waals surface area contributed by atoms with Gasteiger partial charge in [-0.2, -0.15) is 5.10 Å². The summed E-state index contributed by atoms with van der Waals surface area (Å²) in [4.78, 5) is 11.3. The van der Waals surface area contributed by atoms with Gasteiger partial charge in [0.2, 0.25) is 0 Å². The van der Waals surface area contributed by atoms with Crippen molar-refractivity contribution in [3.63, 3.8) is 0 Å². The van der Waals surface area contributed by atoms with Crippen LogP contribution in [0.4, 0.5) is 0 Å². The van der Waals surface area contributed by atoms with Gasteiger partial charge in [-0.3, -0.25) is 9.48 Å². The lowest BCUT2D eigenvalue weighted by Gasteiger charge is -2.28. The van der Waals surface area contributed by atoms with E-state index in [0.29, 0.717) is 13.0 Å². The number of likely N-dealkylation sites (N-methyl/N-ethyl adjacent to an activating group) is 1. The van der Waals surface area contributed by atoms with Crippen molar-refractivity contribution in [2.24, 2.45) is 0 Å². The molecule has 5 nitrogen and oxygen atoms in total. The van der Waals surface area contributed by atoms with E-state index in [0.717, 1.165) is 3.57 Å². The van der Waals surface area contributed by atoms with Crippen LogP contribution in [0.25, 0.3) is 0 Å². The molecule has 0 fully saturated rings. The van der Waals surface area contributed by atoms with Crippen molar-refractivity contribution in [3.05, 3.63) is 16.0 Å². The first-order chi connectivity index (χ1) is 7.89. The summed E-state index contributed by atoms with van der Waals surface area (Å²) < 4.78 is 2.86. The third kappa shape index (κ3) is 3.67. The lowest BCUT2D eigenvalue weighted by Crippen LogP contribution is -2.50. The summed E-state index contributed by atoms with van der Waals surface area (Å²) in [5.74, 6) is -0.826. The number of nitrogens with one attached hydrogen (secondary N) is 1. The Morgan fingerprint density at radius 3 is 2.82 bits per heavy atom. The van der Waals surface area contributed by atoms with Crippen LogP contribution in [0.1, 0.15) is 33.2 Å². The van der Waals surface area contributed by atoms with E-state index in [2.05, 4.69) is 33.0 Å². The summed E-state index contributed by atoms with van der Waals surface area (Å²) in [6.45, 7) is 6.22. The van der Waals surface area contributed by atoms with Crippen LogP contribution in [-0.2, 0) is 4.79 Å². The van der Waals surface area contributed by atoms with Gasteiger partial charge in [0.25, 0.3) is 0 Å².